The van der Waals surface area contributed by atoms with Crippen LogP contribution in [0.1, 0.15) is 59.8 Å². The molecule has 130 valence electrons. The lowest BCUT2D eigenvalue weighted by Crippen LogP contribution is -2.41. The van der Waals surface area contributed by atoms with E-state index in [2.05, 4.69) is 17.1 Å². The van der Waals surface area contributed by atoms with Crippen molar-refractivity contribution in [1.82, 2.24) is 10.2 Å². The summed E-state index contributed by atoms with van der Waals surface area (Å²) in [5, 5.41) is 3.38. The molecule has 0 radical (unpaired) electrons. The predicted octanol–water partition coefficient (Wildman–Crippen LogP) is 2.99. The lowest BCUT2D eigenvalue weighted by atomic mass is 9.97. The van der Waals surface area contributed by atoms with E-state index in [0.717, 1.165) is 5.92 Å². The summed E-state index contributed by atoms with van der Waals surface area (Å²) in [7, 11) is 0. The quantitative estimate of drug-likeness (QED) is 0.804. The molecule has 0 aromatic rings. The molecule has 1 aliphatic heterocycles. The van der Waals surface area contributed by atoms with Crippen LogP contribution in [0.25, 0.3) is 0 Å². The van der Waals surface area contributed by atoms with Gasteiger partial charge in [0, 0.05) is 12.1 Å². The number of hydrogen-bond donors (Lipinski definition) is 1. The molecule has 2 fully saturated rings. The van der Waals surface area contributed by atoms with E-state index in [4.69, 9.17) is 4.74 Å². The van der Waals surface area contributed by atoms with Crippen molar-refractivity contribution in [2.45, 2.75) is 77.5 Å². The van der Waals surface area contributed by atoms with Crippen molar-refractivity contribution in [2.75, 3.05) is 19.6 Å². The highest BCUT2D eigenvalue weighted by Gasteiger charge is 2.31. The highest BCUT2D eigenvalue weighted by Crippen LogP contribution is 2.28. The van der Waals surface area contributed by atoms with Crippen LogP contribution in [0.4, 0.5) is 0 Å². The van der Waals surface area contributed by atoms with Gasteiger partial charge in [0.2, 0.25) is 0 Å². The zero-order valence-electron chi connectivity index (χ0n) is 14.6. The highest BCUT2D eigenvalue weighted by molar-refractivity contribution is 5.85. The van der Waals surface area contributed by atoms with Gasteiger partial charge in [0.25, 0.3) is 0 Å². The fourth-order valence-corrected chi connectivity index (χ4v) is 3.47. The van der Waals surface area contributed by atoms with E-state index >= 15 is 0 Å². The topological polar surface area (TPSA) is 41.6 Å². The minimum Gasteiger partial charge on any atom is -0.459 e. The van der Waals surface area contributed by atoms with E-state index in [0.29, 0.717) is 18.6 Å². The molecule has 4 nitrogen and oxygen atoms in total. The molecule has 5 heteroatoms. The van der Waals surface area contributed by atoms with E-state index < -0.39 is 0 Å². The van der Waals surface area contributed by atoms with Gasteiger partial charge in [0.1, 0.15) is 5.60 Å². The minimum absolute atomic E-state index is 0. The summed E-state index contributed by atoms with van der Waals surface area (Å²) in [6.07, 6.45) is 6.30. The summed E-state index contributed by atoms with van der Waals surface area (Å²) in [6, 6.07) is 1.19. The van der Waals surface area contributed by atoms with Crippen LogP contribution >= 0.6 is 12.4 Å². The molecule has 0 amide bonds. The van der Waals surface area contributed by atoms with Crippen molar-refractivity contribution in [1.29, 1.82) is 0 Å². The molecule has 1 heterocycles. The first-order valence-corrected chi connectivity index (χ1v) is 8.53. The Balaban J connectivity index is 0.00000242. The summed E-state index contributed by atoms with van der Waals surface area (Å²) in [4.78, 5) is 14.4. The van der Waals surface area contributed by atoms with E-state index in [9.17, 15) is 4.79 Å². The van der Waals surface area contributed by atoms with Gasteiger partial charge in [-0.25, -0.2) is 0 Å². The molecular weight excluding hydrogens is 300 g/mol. The molecule has 0 aromatic carbocycles. The Kier molecular flexibility index (Phi) is 7.63. The number of nitrogens with one attached hydrogen (secondary N) is 1. The van der Waals surface area contributed by atoms with Crippen molar-refractivity contribution >= 4 is 18.4 Å². The van der Waals surface area contributed by atoms with Crippen LogP contribution in [-0.2, 0) is 9.53 Å². The smallest absolute Gasteiger partial charge is 0.320 e. The molecule has 1 N–H and O–H groups in total. The maximum atomic E-state index is 11.7. The number of likely N-dealkylation sites (tertiary alicyclic amines) is 1. The summed E-state index contributed by atoms with van der Waals surface area (Å²) >= 11 is 0. The first-order chi connectivity index (χ1) is 9.83. The number of rotatable bonds is 4. The minimum atomic E-state index is -0.387. The van der Waals surface area contributed by atoms with E-state index in [-0.39, 0.29) is 24.0 Å². The Morgan fingerprint density at radius 2 is 1.82 bits per heavy atom. The second-order valence-corrected chi connectivity index (χ2v) is 7.85. The molecule has 2 atom stereocenters. The number of nitrogens with zero attached hydrogens (tertiary/aromatic N) is 1. The maximum absolute atomic E-state index is 11.7. The molecule has 22 heavy (non-hydrogen) atoms. The normalized spacial score (nSPS) is 27.5. The molecule has 1 aliphatic carbocycles. The third kappa shape index (κ3) is 6.43. The molecule has 2 aliphatic rings. The number of hydrogen-bond acceptors (Lipinski definition) is 4. The third-order valence-corrected chi connectivity index (χ3v) is 4.69. The third-order valence-electron chi connectivity index (χ3n) is 4.69. The van der Waals surface area contributed by atoms with Gasteiger partial charge in [0.05, 0.1) is 6.54 Å². The number of esters is 1. The first kappa shape index (κ1) is 19.7. The summed E-state index contributed by atoms with van der Waals surface area (Å²) in [6.45, 7) is 10.9. The molecule has 2 rings (SSSR count). The van der Waals surface area contributed by atoms with Gasteiger partial charge in [-0.2, -0.15) is 0 Å². The van der Waals surface area contributed by atoms with Crippen LogP contribution in [0, 0.1) is 5.92 Å². The van der Waals surface area contributed by atoms with Gasteiger partial charge in [-0.05, 0) is 71.9 Å². The number of carbonyl (C=O) groups is 1. The average Bonchev–Trinajstić information content (AvgIpc) is 2.84. The Hall–Kier alpha value is -0.320. The average molecular weight is 333 g/mol. The van der Waals surface area contributed by atoms with Crippen molar-refractivity contribution in [2.24, 2.45) is 5.92 Å². The number of halogens is 1. The number of ether oxygens (including phenoxy) is 1. The SMILES string of the molecule is CC1CCN(C2CCC(NCC(=O)OC(C)(C)C)C2)CC1.Cl. The van der Waals surface area contributed by atoms with E-state index in [1.54, 1.807) is 0 Å². The predicted molar refractivity (Wildman–Crippen MR) is 92.5 cm³/mol. The van der Waals surface area contributed by atoms with Crippen LogP contribution in [0.5, 0.6) is 0 Å². The molecule has 0 spiro atoms. The largest absolute Gasteiger partial charge is 0.459 e. The fraction of sp³-hybridized carbons (Fsp3) is 0.941. The Bertz CT molecular complexity index is 349. The Labute approximate surface area is 141 Å². The molecule has 2 unspecified atom stereocenters. The first-order valence-electron chi connectivity index (χ1n) is 8.53. The Morgan fingerprint density at radius 1 is 1.18 bits per heavy atom. The molecular formula is C17H33ClN2O2. The van der Waals surface area contributed by atoms with Crippen LogP contribution in [0.15, 0.2) is 0 Å². The maximum Gasteiger partial charge on any atom is 0.320 e. The van der Waals surface area contributed by atoms with Gasteiger partial charge < -0.3 is 15.0 Å². The van der Waals surface area contributed by atoms with Crippen LogP contribution in [-0.4, -0.2) is 48.2 Å². The summed E-state index contributed by atoms with van der Waals surface area (Å²) in [5.41, 5.74) is -0.387. The zero-order valence-corrected chi connectivity index (χ0v) is 15.4. The second-order valence-electron chi connectivity index (χ2n) is 7.85. The molecule has 0 bridgehead atoms. The van der Waals surface area contributed by atoms with Gasteiger partial charge in [0.15, 0.2) is 0 Å². The highest BCUT2D eigenvalue weighted by atomic mass is 35.5. The van der Waals surface area contributed by atoms with Crippen molar-refractivity contribution in [3.8, 4) is 0 Å². The number of piperidine rings is 1. The van der Waals surface area contributed by atoms with Crippen molar-refractivity contribution < 1.29 is 9.53 Å². The van der Waals surface area contributed by atoms with Crippen LogP contribution in [0.3, 0.4) is 0 Å². The Morgan fingerprint density at radius 3 is 2.41 bits per heavy atom. The lowest BCUT2D eigenvalue weighted by Gasteiger charge is -2.35. The van der Waals surface area contributed by atoms with Gasteiger partial charge in [-0.3, -0.25) is 4.79 Å². The summed E-state index contributed by atoms with van der Waals surface area (Å²) in [5.74, 6) is 0.751. The van der Waals surface area contributed by atoms with Crippen molar-refractivity contribution in [3.63, 3.8) is 0 Å². The monoisotopic (exact) mass is 332 g/mol. The van der Waals surface area contributed by atoms with Crippen LogP contribution in [0.2, 0.25) is 0 Å². The fourth-order valence-electron chi connectivity index (χ4n) is 3.47. The van der Waals surface area contributed by atoms with Gasteiger partial charge in [-0.15, -0.1) is 12.4 Å². The van der Waals surface area contributed by atoms with E-state index in [1.807, 2.05) is 20.8 Å². The van der Waals surface area contributed by atoms with Gasteiger partial charge >= 0.3 is 5.97 Å². The van der Waals surface area contributed by atoms with Gasteiger partial charge in [-0.1, -0.05) is 6.92 Å². The second kappa shape index (κ2) is 8.51. The lowest BCUT2D eigenvalue weighted by molar-refractivity contribution is -0.153. The van der Waals surface area contributed by atoms with Crippen LogP contribution < -0.4 is 5.32 Å². The number of carbonyl (C=O) groups excluding carboxylic acids is 1. The van der Waals surface area contributed by atoms with Crippen molar-refractivity contribution in [3.05, 3.63) is 0 Å². The summed E-state index contributed by atoms with van der Waals surface area (Å²) < 4.78 is 5.34. The molecule has 1 saturated carbocycles. The standard InChI is InChI=1S/C17H32N2O2.ClH/c1-13-7-9-19(10-8-13)15-6-5-14(11-15)18-12-16(20)21-17(2,3)4;/h13-15,18H,5-12H2,1-4H3;1H. The molecule has 0 aromatic heterocycles. The molecule has 1 saturated heterocycles. The van der Waals surface area contributed by atoms with E-state index in [1.165, 1.54) is 45.2 Å². The zero-order chi connectivity index (χ0) is 15.5.